The molecule has 1 amide bonds. The summed E-state index contributed by atoms with van der Waals surface area (Å²) in [5, 5.41) is 13.8. The fraction of sp³-hybridized carbons (Fsp3) is 0.278. The summed E-state index contributed by atoms with van der Waals surface area (Å²) in [4.78, 5) is 24.7. The molecule has 0 bridgehead atoms. The maximum Gasteiger partial charge on any atom is 0.271 e. The van der Waals surface area contributed by atoms with Crippen molar-refractivity contribution < 1.29 is 18.1 Å². The summed E-state index contributed by atoms with van der Waals surface area (Å²) in [6.07, 6.45) is 0.389. The highest BCUT2D eigenvalue weighted by molar-refractivity contribution is 7.91. The zero-order valence-corrected chi connectivity index (χ0v) is 15.3. The molecule has 0 aliphatic carbocycles. The Bertz CT molecular complexity index is 946. The fourth-order valence-electron chi connectivity index (χ4n) is 3.12. The van der Waals surface area contributed by atoms with E-state index in [1.54, 1.807) is 30.3 Å². The van der Waals surface area contributed by atoms with Crippen LogP contribution in [0, 0.1) is 10.1 Å². The molecule has 1 aliphatic rings. The number of rotatable bonds is 6. The van der Waals surface area contributed by atoms with Crippen LogP contribution in [0.4, 0.5) is 17.1 Å². The lowest BCUT2D eigenvalue weighted by Gasteiger charge is -2.28. The first-order valence-electron chi connectivity index (χ1n) is 8.41. The third-order valence-electron chi connectivity index (χ3n) is 4.38. The van der Waals surface area contributed by atoms with E-state index in [0.29, 0.717) is 17.8 Å². The molecule has 3 rings (SSSR count). The minimum atomic E-state index is -3.15. The molecule has 1 heterocycles. The molecule has 1 fully saturated rings. The van der Waals surface area contributed by atoms with E-state index in [2.05, 4.69) is 5.32 Å². The number of non-ortho nitro benzene ring substituents is 1. The normalized spacial score (nSPS) is 18.0. The lowest BCUT2D eigenvalue weighted by molar-refractivity contribution is -0.384. The zero-order valence-electron chi connectivity index (χ0n) is 14.4. The van der Waals surface area contributed by atoms with Gasteiger partial charge in [0.05, 0.1) is 29.0 Å². The highest BCUT2D eigenvalue weighted by atomic mass is 32.2. The van der Waals surface area contributed by atoms with Crippen molar-refractivity contribution in [2.45, 2.75) is 12.5 Å². The number of nitro groups is 1. The quantitative estimate of drug-likeness (QED) is 0.599. The predicted octanol–water partition coefficient (Wildman–Crippen LogP) is 2.23. The highest BCUT2D eigenvalue weighted by Crippen LogP contribution is 2.25. The topological polar surface area (TPSA) is 110 Å². The van der Waals surface area contributed by atoms with Crippen molar-refractivity contribution >= 4 is 32.8 Å². The minimum Gasteiger partial charge on any atom is -0.376 e. The van der Waals surface area contributed by atoms with Gasteiger partial charge < -0.3 is 10.2 Å². The average Bonchev–Trinajstić information content (AvgIpc) is 3.00. The van der Waals surface area contributed by atoms with Crippen LogP contribution in [-0.2, 0) is 14.6 Å². The number of anilines is 2. The van der Waals surface area contributed by atoms with E-state index in [1.165, 1.54) is 23.1 Å². The molecule has 1 N–H and O–H groups in total. The van der Waals surface area contributed by atoms with Crippen LogP contribution in [-0.4, -0.2) is 43.3 Å². The van der Waals surface area contributed by atoms with Crippen LogP contribution in [0.1, 0.15) is 6.42 Å². The van der Waals surface area contributed by atoms with E-state index < -0.39 is 20.8 Å². The number of carbonyl (C=O) groups excluding carboxylic acids is 1. The van der Waals surface area contributed by atoms with Crippen LogP contribution in [0.2, 0.25) is 0 Å². The molecule has 1 aliphatic heterocycles. The first-order valence-corrected chi connectivity index (χ1v) is 10.2. The first-order chi connectivity index (χ1) is 12.9. The predicted molar refractivity (Wildman–Crippen MR) is 103 cm³/mol. The van der Waals surface area contributed by atoms with Crippen LogP contribution in [0.25, 0.3) is 0 Å². The van der Waals surface area contributed by atoms with Gasteiger partial charge in [-0.05, 0) is 24.6 Å². The van der Waals surface area contributed by atoms with Gasteiger partial charge in [0.1, 0.15) is 0 Å². The number of nitrogens with one attached hydrogen (secondary N) is 1. The average molecular weight is 389 g/mol. The van der Waals surface area contributed by atoms with E-state index >= 15 is 0 Å². The van der Waals surface area contributed by atoms with Gasteiger partial charge in [-0.3, -0.25) is 14.9 Å². The molecule has 8 nitrogen and oxygen atoms in total. The van der Waals surface area contributed by atoms with Crippen molar-refractivity contribution in [3.8, 4) is 0 Å². The Balaban J connectivity index is 1.77. The molecule has 1 atom stereocenters. The molecule has 142 valence electrons. The number of amides is 1. The molecule has 9 heteroatoms. The summed E-state index contributed by atoms with van der Waals surface area (Å²) in [5.41, 5.74) is 1.00. The third kappa shape index (κ3) is 4.62. The van der Waals surface area contributed by atoms with E-state index in [1.807, 2.05) is 6.07 Å². The fourth-order valence-corrected chi connectivity index (χ4v) is 4.82. The van der Waals surface area contributed by atoms with Crippen LogP contribution in [0.15, 0.2) is 54.6 Å². The molecule has 0 aromatic heterocycles. The molecule has 1 saturated heterocycles. The van der Waals surface area contributed by atoms with Crippen molar-refractivity contribution in [2.24, 2.45) is 0 Å². The summed E-state index contributed by atoms with van der Waals surface area (Å²) in [5.74, 6) is -0.299. The lowest BCUT2D eigenvalue weighted by Crippen LogP contribution is -2.44. The van der Waals surface area contributed by atoms with Crippen molar-refractivity contribution in [1.82, 2.24) is 0 Å². The maximum absolute atomic E-state index is 12.9. The van der Waals surface area contributed by atoms with Gasteiger partial charge >= 0.3 is 0 Å². The number of sulfone groups is 1. The van der Waals surface area contributed by atoms with Crippen molar-refractivity contribution in [1.29, 1.82) is 0 Å². The van der Waals surface area contributed by atoms with E-state index in [4.69, 9.17) is 0 Å². The van der Waals surface area contributed by atoms with Gasteiger partial charge in [-0.1, -0.05) is 24.3 Å². The van der Waals surface area contributed by atoms with Crippen LogP contribution in [0.5, 0.6) is 0 Å². The Labute approximate surface area is 156 Å². The second kappa shape index (κ2) is 7.75. The van der Waals surface area contributed by atoms with Crippen LogP contribution >= 0.6 is 0 Å². The standard InChI is InChI=1S/C18H19N3O5S/c22-18(12-19-14-5-4-8-16(11-14)21(23)24)20(15-6-2-1-3-7-15)17-9-10-27(25,26)13-17/h1-8,11,17,19H,9-10,12-13H2/t17-/m0/s1. The summed E-state index contributed by atoms with van der Waals surface area (Å²) >= 11 is 0. The maximum atomic E-state index is 12.9. The number of hydrogen-bond acceptors (Lipinski definition) is 6. The van der Waals surface area contributed by atoms with Gasteiger partial charge in [0.2, 0.25) is 5.91 Å². The number of nitro benzene ring substituents is 1. The largest absolute Gasteiger partial charge is 0.376 e. The van der Waals surface area contributed by atoms with Crippen LogP contribution < -0.4 is 10.2 Å². The Hall–Kier alpha value is -2.94. The Kier molecular flexibility index (Phi) is 5.41. The number of carbonyl (C=O) groups is 1. The monoisotopic (exact) mass is 389 g/mol. The van der Waals surface area contributed by atoms with Crippen molar-refractivity contribution in [3.63, 3.8) is 0 Å². The molecule has 27 heavy (non-hydrogen) atoms. The Morgan fingerprint density at radius 1 is 1.19 bits per heavy atom. The second-order valence-electron chi connectivity index (χ2n) is 6.32. The molecule has 2 aromatic rings. The zero-order chi connectivity index (χ0) is 19.4. The number of nitrogens with zero attached hydrogens (tertiary/aromatic N) is 2. The number of para-hydroxylation sites is 1. The Morgan fingerprint density at radius 2 is 1.93 bits per heavy atom. The van der Waals surface area contributed by atoms with Crippen molar-refractivity contribution in [3.05, 3.63) is 64.7 Å². The summed E-state index contributed by atoms with van der Waals surface area (Å²) in [6, 6.07) is 14.4. The van der Waals surface area contributed by atoms with Gasteiger partial charge in [0.25, 0.3) is 5.69 Å². The lowest BCUT2D eigenvalue weighted by atomic mass is 10.1. The molecule has 0 unspecified atom stereocenters. The summed E-state index contributed by atoms with van der Waals surface area (Å²) in [6.45, 7) is -0.105. The van der Waals surface area contributed by atoms with E-state index in [0.717, 1.165) is 0 Å². The van der Waals surface area contributed by atoms with E-state index in [9.17, 15) is 23.3 Å². The Morgan fingerprint density at radius 3 is 2.56 bits per heavy atom. The SMILES string of the molecule is O=C(CNc1cccc([N+](=O)[O-])c1)N(c1ccccc1)[C@H]1CCS(=O)(=O)C1. The van der Waals surface area contributed by atoms with E-state index in [-0.39, 0.29) is 29.6 Å². The van der Waals surface area contributed by atoms with Gasteiger partial charge in [0.15, 0.2) is 9.84 Å². The molecule has 0 spiro atoms. The van der Waals surface area contributed by atoms with Gasteiger partial charge in [-0.25, -0.2) is 8.42 Å². The minimum absolute atomic E-state index is 0.0621. The molecule has 2 aromatic carbocycles. The molecular formula is C18H19N3O5S. The smallest absolute Gasteiger partial charge is 0.271 e. The van der Waals surface area contributed by atoms with Crippen LogP contribution in [0.3, 0.4) is 0 Å². The first kappa shape index (κ1) is 18.8. The van der Waals surface area contributed by atoms with Gasteiger partial charge in [-0.2, -0.15) is 0 Å². The van der Waals surface area contributed by atoms with Gasteiger partial charge in [0, 0.05) is 23.5 Å². The summed E-state index contributed by atoms with van der Waals surface area (Å²) in [7, 11) is -3.15. The third-order valence-corrected chi connectivity index (χ3v) is 6.13. The summed E-state index contributed by atoms with van der Waals surface area (Å²) < 4.78 is 23.7. The number of benzene rings is 2. The highest BCUT2D eigenvalue weighted by Gasteiger charge is 2.35. The molecule has 0 saturated carbocycles. The van der Waals surface area contributed by atoms with Crippen molar-refractivity contribution in [2.75, 3.05) is 28.3 Å². The van der Waals surface area contributed by atoms with Gasteiger partial charge in [-0.15, -0.1) is 0 Å². The number of hydrogen-bond donors (Lipinski definition) is 1. The molecule has 0 radical (unpaired) electrons. The second-order valence-corrected chi connectivity index (χ2v) is 8.55. The molecular weight excluding hydrogens is 370 g/mol.